The van der Waals surface area contributed by atoms with Crippen molar-refractivity contribution in [3.8, 4) is 98.1 Å². The molecule has 45 heteroatoms. The molecule has 686 valence electrons. The van der Waals surface area contributed by atoms with Crippen LogP contribution in [-0.4, -0.2) is 179 Å². The monoisotopic (exact) mass is 1860 g/mol. The van der Waals surface area contributed by atoms with Crippen LogP contribution in [0.1, 0.15) is 125 Å². The van der Waals surface area contributed by atoms with Crippen LogP contribution in [0.3, 0.4) is 0 Å². The zero-order chi connectivity index (χ0) is 95.5. The molecule has 0 bridgehead atoms. The lowest BCUT2D eigenvalue weighted by Crippen LogP contribution is -2.63. The van der Waals surface area contributed by atoms with Crippen LogP contribution in [-0.2, 0) is 36.2 Å². The summed E-state index contributed by atoms with van der Waals surface area (Å²) >= 11 is 0. The van der Waals surface area contributed by atoms with E-state index in [0.29, 0.717) is 96.1 Å². The van der Waals surface area contributed by atoms with Gasteiger partial charge in [0.25, 0.3) is 23.6 Å². The Bertz CT molecular complexity index is 6990. The number of fused-ring (bicyclic) bond motifs is 4. The molecule has 0 aliphatic carbocycles. The molecule has 2 unspecified atom stereocenters. The summed E-state index contributed by atoms with van der Waals surface area (Å²) in [4.78, 5) is 74.7. The van der Waals surface area contributed by atoms with Gasteiger partial charge in [-0.3, -0.25) is 19.2 Å². The van der Waals surface area contributed by atoms with Crippen LogP contribution in [0.25, 0.3) is 67.8 Å². The Morgan fingerprint density at radius 3 is 0.978 bits per heavy atom. The van der Waals surface area contributed by atoms with Crippen molar-refractivity contribution in [1.82, 2.24) is 85.0 Å². The van der Waals surface area contributed by atoms with Gasteiger partial charge < -0.3 is 52.3 Å². The predicted molar refractivity (Wildman–Crippen MR) is 464 cm³/mol. The van der Waals surface area contributed by atoms with Gasteiger partial charge in [0.05, 0.1) is 204 Å². The highest BCUT2D eigenvalue weighted by atomic mass is 32.2. The van der Waals surface area contributed by atoms with Crippen molar-refractivity contribution in [2.75, 3.05) is 78.2 Å². The highest BCUT2D eigenvalue weighted by molar-refractivity contribution is 7.88. The number of amides is 4. The number of nitrogens with two attached hydrogens (primary N) is 2. The number of rotatable bonds is 14. The smallest absolute Gasteiger partial charge is 0.354 e. The second-order valence-electron chi connectivity index (χ2n) is 32.9. The number of nitriles is 5. The number of hydrogen-bond acceptors (Lipinski definition) is 25. The minimum absolute atomic E-state index is 0.0140. The molecule has 0 radical (unpaired) electrons. The topological polar surface area (TPSA) is 469 Å². The first-order valence-electron chi connectivity index (χ1n) is 41.9. The predicted octanol–water partition coefficient (Wildman–Crippen LogP) is 9.95. The molecule has 16 heterocycles. The number of carbonyl (C=O) groups excluding carboxylic acids is 4. The first-order valence-corrected chi connectivity index (χ1v) is 43.8. The van der Waals surface area contributed by atoms with Gasteiger partial charge >= 0.3 is 12.4 Å². The summed E-state index contributed by atoms with van der Waals surface area (Å²) in [6, 6.07) is 39.3. The highest BCUT2D eigenvalue weighted by Gasteiger charge is 2.55. The number of hydrogen-bond donors (Lipinski definition) is 7. The van der Waals surface area contributed by atoms with E-state index in [2.05, 4.69) is 72.4 Å². The summed E-state index contributed by atoms with van der Waals surface area (Å²) in [6.07, 6.45) is -0.0307. The molecule has 9 N–H and O–H groups in total. The Labute approximate surface area is 760 Å². The van der Waals surface area contributed by atoms with Crippen LogP contribution in [0.2, 0.25) is 0 Å². The van der Waals surface area contributed by atoms with Gasteiger partial charge in [-0.15, -0.1) is 0 Å². The lowest BCUT2D eigenvalue weighted by molar-refractivity contribution is -0.188. The number of halogens is 10. The maximum absolute atomic E-state index is 14.7. The second kappa shape index (κ2) is 35.9. The van der Waals surface area contributed by atoms with Gasteiger partial charge in [-0.2, -0.15) is 73.0 Å². The Hall–Kier alpha value is -16.0. The number of benzene rings is 4. The molecule has 4 saturated heterocycles. The van der Waals surface area contributed by atoms with Gasteiger partial charge in [0.15, 0.2) is 23.3 Å². The number of anilines is 4. The van der Waals surface area contributed by atoms with Crippen LogP contribution in [0.15, 0.2) is 146 Å². The third kappa shape index (κ3) is 17.8. The molecule has 0 saturated carbocycles. The first-order chi connectivity index (χ1) is 64.5. The Morgan fingerprint density at radius 1 is 0.415 bits per heavy atom. The lowest BCUT2D eigenvalue weighted by atomic mass is 9.89. The molecule has 135 heavy (non-hydrogen) atoms. The Balaban J connectivity index is 0.000000125. The van der Waals surface area contributed by atoms with Crippen LogP contribution >= 0.6 is 0 Å². The zero-order valence-corrected chi connectivity index (χ0v) is 71.7. The van der Waals surface area contributed by atoms with Crippen molar-refractivity contribution in [3.05, 3.63) is 237 Å². The van der Waals surface area contributed by atoms with Crippen molar-refractivity contribution in [1.29, 1.82) is 26.3 Å². The highest BCUT2D eigenvalue weighted by Crippen LogP contribution is 2.43. The van der Waals surface area contributed by atoms with Crippen molar-refractivity contribution < 1.29 is 71.5 Å². The fourth-order valence-electron chi connectivity index (χ4n) is 17.5. The molecule has 34 nitrogen and oxygen atoms in total. The van der Waals surface area contributed by atoms with Gasteiger partial charge in [0.1, 0.15) is 34.3 Å². The van der Waals surface area contributed by atoms with Crippen LogP contribution in [0.5, 0.6) is 0 Å². The van der Waals surface area contributed by atoms with E-state index in [1.165, 1.54) is 133 Å². The number of sulfonamides is 1. The molecular weight excluding hydrogens is 1790 g/mol. The largest absolute Gasteiger partial charge is 0.408 e. The van der Waals surface area contributed by atoms with E-state index >= 15 is 0 Å². The van der Waals surface area contributed by atoms with Crippen LogP contribution in [0, 0.1) is 85.8 Å². The third-order valence-corrected chi connectivity index (χ3v) is 24.9. The number of piperidine rings is 2. The number of alkyl halides is 6. The quantitative estimate of drug-likeness (QED) is 0.0497. The molecule has 0 spiro atoms. The molecule has 4 aromatic carbocycles. The van der Waals surface area contributed by atoms with Crippen molar-refractivity contribution in [3.63, 3.8) is 0 Å². The van der Waals surface area contributed by atoms with Crippen molar-refractivity contribution >= 4 is 56.9 Å². The Morgan fingerprint density at radius 2 is 0.704 bits per heavy atom. The molecule has 8 aliphatic rings. The fourth-order valence-corrected chi connectivity index (χ4v) is 18.3. The minimum atomic E-state index is -4.56. The lowest BCUT2D eigenvalue weighted by Gasteiger charge is -2.41. The first kappa shape index (κ1) is 90.9. The third-order valence-electron chi connectivity index (χ3n) is 24.1. The summed E-state index contributed by atoms with van der Waals surface area (Å²) in [6.45, 7) is 2.81. The molecule has 8 aromatic heterocycles. The molecule has 4 fully saturated rings. The summed E-state index contributed by atoms with van der Waals surface area (Å²) in [5, 5.41) is 75.8. The Kier molecular flexibility index (Phi) is 24.2. The van der Waals surface area contributed by atoms with Gasteiger partial charge in [-0.25, -0.2) is 69.4 Å². The number of pyridine rings is 4. The summed E-state index contributed by atoms with van der Waals surface area (Å²) in [5.41, 5.74) is 12.2. The van der Waals surface area contributed by atoms with Gasteiger partial charge in [0, 0.05) is 107 Å². The number of aromatic nitrogens is 12. The molecule has 8 aliphatic heterocycles. The van der Waals surface area contributed by atoms with E-state index < -0.39 is 81.6 Å². The van der Waals surface area contributed by atoms with Gasteiger partial charge in [0.2, 0.25) is 10.0 Å². The molecule has 20 rings (SSSR count). The fraction of sp³-hybridized carbons (Fsp3) is 0.278. The van der Waals surface area contributed by atoms with Crippen molar-refractivity contribution in [2.24, 2.45) is 17.4 Å². The molecule has 4 atom stereocenters. The number of carbonyl (C=O) groups is 4. The molecule has 4 amide bonds. The van der Waals surface area contributed by atoms with E-state index in [-0.39, 0.29) is 177 Å². The van der Waals surface area contributed by atoms with Gasteiger partial charge in [-0.1, -0.05) is 24.3 Å². The summed E-state index contributed by atoms with van der Waals surface area (Å²) in [7, 11) is -3.31. The van der Waals surface area contributed by atoms with Crippen LogP contribution < -0.4 is 57.1 Å². The maximum atomic E-state index is 14.7. The average molecular weight is 1870 g/mol. The number of nitrogens with zero attached hydrogens (tertiary/aromatic N) is 21. The second-order valence-corrected chi connectivity index (χ2v) is 34.7. The number of nitrogens with one attached hydrogen (secondary N) is 5. The standard InChI is InChI=1S/2C23H19F4N7O.C22H20FN7O3S.C22H16FN7O/c2*24-14-4-1-3-13(10-28)19(14)15-9-17(20-16(31-15)11-30-21(20)35)34-8-5-18(32-34)33-7-2-6-22(29,12-33)23(25,26)27;1-34(32,33)28-14-5-7-29(12-14)19-6-8-30(27-19)18-9-16(26-17-11-25-22(31)21(17)18)20-13(10-24)3-2-4-15(20)23;23-15-3-1-2-14(10-25)20(15)16-8-18(21-17(27-16)11-26-22(21)31)30-7-5-19(28-30)29-6-4-13(9-24)12-29/h2*1,3-5,8-9H,2,6-7,11-12,29H2,(H,30,35);2-4,6,8-9,14,28H,5,7,11-12H2,1H3,(H,25,31);1-3,5,7-8,13H,4,6,11-12H2,(H,26,31)/t2*22-;;/m10../s1. The maximum Gasteiger partial charge on any atom is 0.408 e. The molecule has 12 aromatic rings. The van der Waals surface area contributed by atoms with E-state index in [1.54, 1.807) is 35.3 Å². The van der Waals surface area contributed by atoms with E-state index in [0.717, 1.165) is 19.2 Å². The molecular formula is C90H74F10N28O6S. The zero-order valence-electron chi connectivity index (χ0n) is 70.9. The van der Waals surface area contributed by atoms with Crippen molar-refractivity contribution in [2.45, 2.75) is 94.2 Å². The normalized spacial score (nSPS) is 18.7. The van der Waals surface area contributed by atoms with E-state index in [4.69, 9.17) is 16.7 Å². The minimum Gasteiger partial charge on any atom is -0.354 e. The summed E-state index contributed by atoms with van der Waals surface area (Å²) in [5.74, 6) is -2.04. The van der Waals surface area contributed by atoms with E-state index in [1.807, 2.05) is 40.1 Å². The summed E-state index contributed by atoms with van der Waals surface area (Å²) < 4.78 is 171. The average Bonchev–Trinajstić information content (AvgIpc) is 1.62. The SMILES string of the molecule is CS(=O)(=O)NC1CCN(c2ccn(-c3cc(-c4c(F)cccc4C#N)nc4c3C(=O)NC4)n2)C1.N#Cc1cccc(F)c1-c1cc(-n2ccc(N3CCC(C#N)C3)n2)c2c(n1)CNC2=O.N#Cc1cccc(F)c1-c1cc(-n2ccc(N3CCC[C@@](N)(C(F)(F)F)C3)n2)c2c(n1)CNC2=O.N#Cc1cccc(F)c1-c1cc(-n2ccc(N3CCC[C@](N)(C(F)(F)F)C3)n2)c2c(n1)CNC2=O. The van der Waals surface area contributed by atoms with Crippen LogP contribution in [0.4, 0.5) is 67.2 Å². The van der Waals surface area contributed by atoms with E-state index in [9.17, 15) is 92.5 Å². The van der Waals surface area contributed by atoms with Gasteiger partial charge in [-0.05, 0) is 111 Å².